The molecule has 39 heavy (non-hydrogen) atoms. The number of aliphatic imine (C=N–C) groups is 1. The summed E-state index contributed by atoms with van der Waals surface area (Å²) in [6.45, 7) is 22.0. The van der Waals surface area contributed by atoms with Gasteiger partial charge in [-0.3, -0.25) is 10.00 Å². The fraction of sp³-hybridized carbons (Fsp3) is 0.483. The first-order chi connectivity index (χ1) is 18.7. The second kappa shape index (κ2) is 16.7. The van der Waals surface area contributed by atoms with Gasteiger partial charge in [-0.05, 0) is 71.7 Å². The Kier molecular flexibility index (Phi) is 13.8. The molecule has 2 heterocycles. The van der Waals surface area contributed by atoms with E-state index in [2.05, 4.69) is 63.4 Å². The Morgan fingerprint density at radius 1 is 1.23 bits per heavy atom. The van der Waals surface area contributed by atoms with Crippen LogP contribution in [-0.2, 0) is 9.57 Å². The van der Waals surface area contributed by atoms with Crippen LogP contribution in [0.3, 0.4) is 0 Å². The van der Waals surface area contributed by atoms with Crippen LogP contribution in [0.2, 0.25) is 0 Å². The van der Waals surface area contributed by atoms with Crippen LogP contribution < -0.4 is 10.6 Å². The van der Waals surface area contributed by atoms with Gasteiger partial charge in [-0.15, -0.1) is 6.58 Å². The van der Waals surface area contributed by atoms with Gasteiger partial charge in [0.15, 0.2) is 5.82 Å². The quantitative estimate of drug-likeness (QED) is 0.109. The van der Waals surface area contributed by atoms with E-state index in [4.69, 9.17) is 26.2 Å². The van der Waals surface area contributed by atoms with Crippen LogP contribution in [-0.4, -0.2) is 72.3 Å². The average Bonchev–Trinajstić information content (AvgIpc) is 3.33. The molecule has 0 bridgehead atoms. The molecule has 1 aromatic heterocycles. The van der Waals surface area contributed by atoms with Crippen LogP contribution in [0.1, 0.15) is 50.1 Å². The van der Waals surface area contributed by atoms with Crippen molar-refractivity contribution < 1.29 is 9.57 Å². The maximum atomic E-state index is 6.41. The Hall–Kier alpha value is -3.14. The van der Waals surface area contributed by atoms with E-state index in [-0.39, 0.29) is 6.17 Å². The average molecular weight is 558 g/mol. The lowest BCUT2D eigenvalue weighted by molar-refractivity contribution is 0.0212. The number of nitrogens with one attached hydrogen (secondary N) is 3. The molecule has 214 valence electrons. The van der Waals surface area contributed by atoms with Crippen molar-refractivity contribution in [2.24, 2.45) is 10.1 Å². The number of rotatable bonds is 10. The fourth-order valence-electron chi connectivity index (χ4n) is 3.89. The highest BCUT2D eigenvalue weighted by Crippen LogP contribution is 2.23. The molecular weight excluding hydrogens is 514 g/mol. The van der Waals surface area contributed by atoms with E-state index in [1.54, 1.807) is 12.2 Å². The molecule has 3 N–H and O–H groups in total. The summed E-state index contributed by atoms with van der Waals surface area (Å²) in [6.07, 6.45) is 3.32. The lowest BCUT2D eigenvalue weighted by Crippen LogP contribution is -2.38. The lowest BCUT2D eigenvalue weighted by Gasteiger charge is -2.25. The Bertz CT molecular complexity index is 1150. The number of anilines is 2. The van der Waals surface area contributed by atoms with E-state index in [9.17, 15) is 0 Å². The number of halogens is 1. The molecule has 0 amide bonds. The number of amidine groups is 1. The Balaban J connectivity index is 0.00000170. The molecule has 0 saturated carbocycles. The minimum absolute atomic E-state index is 0.233. The van der Waals surface area contributed by atoms with Crippen molar-refractivity contribution in [1.82, 2.24) is 15.1 Å². The van der Waals surface area contributed by atoms with Crippen molar-refractivity contribution in [3.63, 3.8) is 0 Å². The smallest absolute Gasteiger partial charge is 0.153 e. The van der Waals surface area contributed by atoms with E-state index in [0.717, 1.165) is 66.6 Å². The van der Waals surface area contributed by atoms with Crippen LogP contribution in [0.4, 0.5) is 11.5 Å². The normalized spacial score (nSPS) is 15.7. The molecule has 0 aliphatic carbocycles. The molecule has 1 fully saturated rings. The van der Waals surface area contributed by atoms with Gasteiger partial charge in [-0.25, -0.2) is 4.99 Å². The number of aromatic amines is 1. The topological polar surface area (TPSA) is 99.2 Å². The highest BCUT2D eigenvalue weighted by atomic mass is 35.5. The van der Waals surface area contributed by atoms with Gasteiger partial charge < -0.3 is 20.2 Å². The predicted octanol–water partition coefficient (Wildman–Crippen LogP) is 6.01. The van der Waals surface area contributed by atoms with Gasteiger partial charge in [0.05, 0.1) is 24.0 Å². The van der Waals surface area contributed by atoms with Gasteiger partial charge in [0.2, 0.25) is 0 Å². The monoisotopic (exact) mass is 557 g/mol. The van der Waals surface area contributed by atoms with Crippen molar-refractivity contribution in [2.75, 3.05) is 50.1 Å². The summed E-state index contributed by atoms with van der Waals surface area (Å²) in [6, 6.07) is 6.14. The molecule has 2 aromatic rings. The Labute approximate surface area is 238 Å². The van der Waals surface area contributed by atoms with Crippen LogP contribution in [0.15, 0.2) is 52.1 Å². The largest absolute Gasteiger partial charge is 0.394 e. The SMILES string of the molecule is C/C=C(Cl)\C(=N/C(C)Nc1cc(C)c(/C(C)=N/OCCN2CCOCC2)cc1C)Nc1cc(C)[nH]n1.C=CC. The highest BCUT2D eigenvalue weighted by Gasteiger charge is 2.13. The van der Waals surface area contributed by atoms with E-state index in [0.29, 0.717) is 23.3 Å². The number of ether oxygens (including phenoxy) is 1. The molecular formula is C29H44ClN7O2. The van der Waals surface area contributed by atoms with Crippen molar-refractivity contribution in [2.45, 2.75) is 54.6 Å². The van der Waals surface area contributed by atoms with E-state index >= 15 is 0 Å². The fourth-order valence-corrected chi connectivity index (χ4v) is 3.99. The van der Waals surface area contributed by atoms with E-state index in [1.165, 1.54) is 0 Å². The third-order valence-electron chi connectivity index (χ3n) is 5.88. The van der Waals surface area contributed by atoms with Crippen LogP contribution in [0.25, 0.3) is 0 Å². The maximum absolute atomic E-state index is 6.41. The van der Waals surface area contributed by atoms with Crippen molar-refractivity contribution >= 4 is 34.7 Å². The van der Waals surface area contributed by atoms with Crippen LogP contribution >= 0.6 is 11.6 Å². The minimum Gasteiger partial charge on any atom is -0.394 e. The zero-order valence-electron chi connectivity index (χ0n) is 24.4. The molecule has 1 aliphatic rings. The number of hydrogen-bond acceptors (Lipinski definition) is 7. The predicted molar refractivity (Wildman–Crippen MR) is 164 cm³/mol. The summed E-state index contributed by atoms with van der Waals surface area (Å²) in [4.78, 5) is 12.7. The second-order valence-electron chi connectivity index (χ2n) is 9.35. The summed E-state index contributed by atoms with van der Waals surface area (Å²) >= 11 is 6.41. The van der Waals surface area contributed by atoms with Gasteiger partial charge in [-0.2, -0.15) is 5.10 Å². The minimum atomic E-state index is -0.233. The molecule has 0 radical (unpaired) electrons. The summed E-state index contributed by atoms with van der Waals surface area (Å²) in [7, 11) is 0. The number of oxime groups is 1. The number of nitrogens with zero attached hydrogens (tertiary/aromatic N) is 4. The number of aromatic nitrogens is 2. The zero-order valence-corrected chi connectivity index (χ0v) is 25.2. The number of aryl methyl sites for hydroxylation is 3. The number of benzene rings is 1. The van der Waals surface area contributed by atoms with Crippen molar-refractivity contribution in [3.05, 3.63) is 64.3 Å². The van der Waals surface area contributed by atoms with E-state index in [1.807, 2.05) is 40.7 Å². The summed E-state index contributed by atoms with van der Waals surface area (Å²) in [5.41, 5.74) is 6.07. The summed E-state index contributed by atoms with van der Waals surface area (Å²) < 4.78 is 5.38. The molecule has 1 saturated heterocycles. The number of H-pyrrole nitrogens is 1. The Morgan fingerprint density at radius 2 is 1.92 bits per heavy atom. The molecule has 1 aromatic carbocycles. The molecule has 9 nitrogen and oxygen atoms in total. The van der Waals surface area contributed by atoms with Crippen LogP contribution in [0.5, 0.6) is 0 Å². The van der Waals surface area contributed by atoms with Gasteiger partial charge in [-0.1, -0.05) is 28.9 Å². The first kappa shape index (κ1) is 32.1. The number of morpholine rings is 1. The van der Waals surface area contributed by atoms with Gasteiger partial charge in [0.1, 0.15) is 18.6 Å². The van der Waals surface area contributed by atoms with Crippen LogP contribution in [0, 0.1) is 20.8 Å². The van der Waals surface area contributed by atoms with Gasteiger partial charge in [0, 0.05) is 42.6 Å². The van der Waals surface area contributed by atoms with E-state index < -0.39 is 0 Å². The number of hydrogen-bond donors (Lipinski definition) is 3. The van der Waals surface area contributed by atoms with Crippen molar-refractivity contribution in [1.29, 1.82) is 0 Å². The Morgan fingerprint density at radius 3 is 2.54 bits per heavy atom. The molecule has 10 heteroatoms. The highest BCUT2D eigenvalue weighted by molar-refractivity contribution is 6.44. The molecule has 1 aliphatic heterocycles. The number of allylic oxidation sites excluding steroid dienone is 2. The standard InChI is InChI=1S/C26H38ClN7O2.C3H6/c1-7-23(27)26(30-25-16-19(4)31-32-25)29-21(6)28-24-15-17(2)22(14-18(24)3)20(5)33-36-13-10-34-8-11-35-12-9-34;1-3-2/h7,14-16,21,28H,8-13H2,1-6H3,(H2,29,30,31,32);3H,1H2,2H3/b23-7+,33-20+;. The molecule has 0 spiro atoms. The molecule has 3 rings (SSSR count). The third kappa shape index (κ3) is 10.9. The third-order valence-corrected chi connectivity index (χ3v) is 6.28. The summed E-state index contributed by atoms with van der Waals surface area (Å²) in [5, 5.41) is 18.7. The van der Waals surface area contributed by atoms with Gasteiger partial charge >= 0.3 is 0 Å². The zero-order chi connectivity index (χ0) is 28.8. The first-order valence-electron chi connectivity index (χ1n) is 13.3. The second-order valence-corrected chi connectivity index (χ2v) is 9.76. The first-order valence-corrected chi connectivity index (χ1v) is 13.7. The summed E-state index contributed by atoms with van der Waals surface area (Å²) in [5.74, 6) is 1.21. The molecule has 1 atom stereocenters. The lowest BCUT2D eigenvalue weighted by atomic mass is 10.0. The molecule has 1 unspecified atom stereocenters. The van der Waals surface area contributed by atoms with Gasteiger partial charge in [0.25, 0.3) is 0 Å². The maximum Gasteiger partial charge on any atom is 0.153 e. The van der Waals surface area contributed by atoms with Crippen molar-refractivity contribution in [3.8, 4) is 0 Å².